The highest BCUT2D eigenvalue weighted by Crippen LogP contribution is 2.25. The van der Waals surface area contributed by atoms with Crippen molar-refractivity contribution in [3.05, 3.63) is 58.3 Å². The van der Waals surface area contributed by atoms with Crippen LogP contribution in [0.3, 0.4) is 0 Å². The Morgan fingerprint density at radius 3 is 2.63 bits per heavy atom. The molecule has 1 heterocycles. The first-order chi connectivity index (χ1) is 9.20. The largest absolute Gasteiger partial charge is 0.411 e. The van der Waals surface area contributed by atoms with Crippen molar-refractivity contribution in [1.29, 1.82) is 0 Å². The lowest BCUT2D eigenvalue weighted by Gasteiger charge is -2.03. The minimum atomic E-state index is 0.0249. The average Bonchev–Trinajstić information content (AvgIpc) is 2.46. The van der Waals surface area contributed by atoms with E-state index in [0.717, 1.165) is 20.3 Å². The van der Waals surface area contributed by atoms with Crippen LogP contribution in [-0.2, 0) is 0 Å². The number of hydrogen-bond donors (Lipinski definition) is 1. The van der Waals surface area contributed by atoms with E-state index in [2.05, 4.69) is 5.16 Å². The molecule has 19 heavy (non-hydrogen) atoms. The van der Waals surface area contributed by atoms with Gasteiger partial charge in [-0.25, -0.2) is 0 Å². The summed E-state index contributed by atoms with van der Waals surface area (Å²) in [5.41, 5.74) is 1.28. The van der Waals surface area contributed by atoms with Gasteiger partial charge in [-0.2, -0.15) is 0 Å². The maximum absolute atomic E-state index is 12.5. The van der Waals surface area contributed by atoms with Crippen molar-refractivity contribution in [2.24, 2.45) is 5.16 Å². The van der Waals surface area contributed by atoms with Crippen LogP contribution in [-0.4, -0.2) is 10.9 Å². The molecule has 0 spiro atoms. The SMILES string of the molecule is CC(=NO)c1ccc2sc3ccccc3c(=O)c2c1. The molecule has 4 heteroatoms. The van der Waals surface area contributed by atoms with Crippen LogP contribution in [0.25, 0.3) is 20.2 Å². The standard InChI is InChI=1S/C15H11NO2S/c1-9(16-18)10-6-7-14-12(8-10)15(17)11-4-2-3-5-13(11)19-14/h2-8,18H,1H3. The van der Waals surface area contributed by atoms with E-state index in [-0.39, 0.29) is 5.43 Å². The molecule has 3 aromatic rings. The van der Waals surface area contributed by atoms with Gasteiger partial charge >= 0.3 is 0 Å². The normalized spacial score (nSPS) is 12.2. The third-order valence-electron chi connectivity index (χ3n) is 3.14. The van der Waals surface area contributed by atoms with Crippen LogP contribution in [0.4, 0.5) is 0 Å². The molecule has 0 bridgehead atoms. The number of nitrogens with zero attached hydrogens (tertiary/aromatic N) is 1. The first-order valence-corrected chi connectivity index (χ1v) is 6.67. The Hall–Kier alpha value is -2.20. The predicted octanol–water partition coefficient (Wildman–Crippen LogP) is 3.61. The van der Waals surface area contributed by atoms with Gasteiger partial charge in [0.25, 0.3) is 0 Å². The van der Waals surface area contributed by atoms with Crippen LogP contribution < -0.4 is 5.43 Å². The zero-order chi connectivity index (χ0) is 13.4. The van der Waals surface area contributed by atoms with E-state index in [9.17, 15) is 4.79 Å². The lowest BCUT2D eigenvalue weighted by atomic mass is 10.1. The topological polar surface area (TPSA) is 49.7 Å². The minimum Gasteiger partial charge on any atom is -0.411 e. The molecule has 0 unspecified atom stereocenters. The average molecular weight is 269 g/mol. The zero-order valence-corrected chi connectivity index (χ0v) is 11.1. The minimum absolute atomic E-state index is 0.0249. The van der Waals surface area contributed by atoms with Gasteiger partial charge in [-0.1, -0.05) is 23.4 Å². The van der Waals surface area contributed by atoms with E-state index in [4.69, 9.17) is 5.21 Å². The van der Waals surface area contributed by atoms with Crippen molar-refractivity contribution in [1.82, 2.24) is 0 Å². The summed E-state index contributed by atoms with van der Waals surface area (Å²) in [7, 11) is 0. The molecule has 0 amide bonds. The van der Waals surface area contributed by atoms with Gasteiger partial charge < -0.3 is 5.21 Å². The van der Waals surface area contributed by atoms with Crippen LogP contribution in [0.1, 0.15) is 12.5 Å². The summed E-state index contributed by atoms with van der Waals surface area (Å²) in [6.07, 6.45) is 0. The Bertz CT molecular complexity index is 865. The van der Waals surface area contributed by atoms with Gasteiger partial charge in [0, 0.05) is 20.2 Å². The molecule has 2 aromatic carbocycles. The van der Waals surface area contributed by atoms with E-state index in [0.29, 0.717) is 11.1 Å². The summed E-state index contributed by atoms with van der Waals surface area (Å²) >= 11 is 1.59. The fourth-order valence-corrected chi connectivity index (χ4v) is 3.14. The van der Waals surface area contributed by atoms with Crippen LogP contribution in [0, 0.1) is 0 Å². The molecular weight excluding hydrogens is 258 g/mol. The highest BCUT2D eigenvalue weighted by Gasteiger charge is 2.07. The molecule has 1 aromatic heterocycles. The molecule has 94 valence electrons. The highest BCUT2D eigenvalue weighted by molar-refractivity contribution is 7.24. The molecule has 0 saturated heterocycles. The zero-order valence-electron chi connectivity index (χ0n) is 10.3. The van der Waals surface area contributed by atoms with Crippen molar-refractivity contribution in [3.8, 4) is 0 Å². The Morgan fingerprint density at radius 1 is 1.11 bits per heavy atom. The highest BCUT2D eigenvalue weighted by atomic mass is 32.1. The van der Waals surface area contributed by atoms with E-state index in [1.165, 1.54) is 0 Å². The van der Waals surface area contributed by atoms with E-state index >= 15 is 0 Å². The summed E-state index contributed by atoms with van der Waals surface area (Å²) in [5.74, 6) is 0. The molecule has 0 atom stereocenters. The van der Waals surface area contributed by atoms with Gasteiger partial charge in [-0.15, -0.1) is 11.3 Å². The van der Waals surface area contributed by atoms with Crippen LogP contribution in [0.15, 0.2) is 52.4 Å². The van der Waals surface area contributed by atoms with Gasteiger partial charge in [0.2, 0.25) is 0 Å². The van der Waals surface area contributed by atoms with Crippen molar-refractivity contribution < 1.29 is 5.21 Å². The monoisotopic (exact) mass is 269 g/mol. The quantitative estimate of drug-likeness (QED) is 0.317. The molecule has 0 fully saturated rings. The van der Waals surface area contributed by atoms with Crippen molar-refractivity contribution in [2.45, 2.75) is 6.92 Å². The van der Waals surface area contributed by atoms with Gasteiger partial charge in [0.1, 0.15) is 0 Å². The Balaban J connectivity index is 2.43. The number of rotatable bonds is 1. The number of hydrogen-bond acceptors (Lipinski definition) is 4. The summed E-state index contributed by atoms with van der Waals surface area (Å²) < 4.78 is 1.93. The lowest BCUT2D eigenvalue weighted by molar-refractivity contribution is 0.319. The van der Waals surface area contributed by atoms with Gasteiger partial charge in [-0.05, 0) is 36.8 Å². The van der Waals surface area contributed by atoms with Crippen LogP contribution >= 0.6 is 11.3 Å². The molecule has 0 radical (unpaired) electrons. The van der Waals surface area contributed by atoms with Crippen LogP contribution in [0.5, 0.6) is 0 Å². The third-order valence-corrected chi connectivity index (χ3v) is 4.30. The number of fused-ring (bicyclic) bond motifs is 2. The van der Waals surface area contributed by atoms with Crippen molar-refractivity contribution >= 4 is 37.2 Å². The second-order valence-electron chi connectivity index (χ2n) is 4.32. The Kier molecular flexibility index (Phi) is 2.80. The first kappa shape index (κ1) is 11.9. The smallest absolute Gasteiger partial charge is 0.195 e. The number of oxime groups is 1. The second kappa shape index (κ2) is 4.48. The molecule has 0 aliphatic rings. The van der Waals surface area contributed by atoms with Crippen LogP contribution in [0.2, 0.25) is 0 Å². The molecule has 3 nitrogen and oxygen atoms in total. The molecule has 3 rings (SSSR count). The molecule has 0 aliphatic heterocycles. The summed E-state index contributed by atoms with van der Waals surface area (Å²) in [4.78, 5) is 12.5. The lowest BCUT2D eigenvalue weighted by Crippen LogP contribution is -2.03. The number of benzene rings is 2. The Labute approximate surface area is 113 Å². The predicted molar refractivity (Wildman–Crippen MR) is 79.6 cm³/mol. The van der Waals surface area contributed by atoms with E-state index < -0.39 is 0 Å². The Morgan fingerprint density at radius 2 is 1.84 bits per heavy atom. The molecular formula is C15H11NO2S. The maximum Gasteiger partial charge on any atom is 0.195 e. The molecule has 0 aliphatic carbocycles. The molecule has 0 saturated carbocycles. The van der Waals surface area contributed by atoms with Gasteiger partial charge in [-0.3, -0.25) is 4.79 Å². The van der Waals surface area contributed by atoms with E-state index in [1.807, 2.05) is 36.4 Å². The first-order valence-electron chi connectivity index (χ1n) is 5.85. The summed E-state index contributed by atoms with van der Waals surface area (Å²) in [5, 5.41) is 13.4. The van der Waals surface area contributed by atoms with Crippen molar-refractivity contribution in [3.63, 3.8) is 0 Å². The molecule has 1 N–H and O–H groups in total. The fourth-order valence-electron chi connectivity index (χ4n) is 2.09. The third kappa shape index (κ3) is 1.90. The van der Waals surface area contributed by atoms with Gasteiger partial charge in [0.15, 0.2) is 5.43 Å². The van der Waals surface area contributed by atoms with E-state index in [1.54, 1.807) is 24.3 Å². The second-order valence-corrected chi connectivity index (χ2v) is 5.41. The fraction of sp³-hybridized carbons (Fsp3) is 0.0667. The summed E-state index contributed by atoms with van der Waals surface area (Å²) in [6, 6.07) is 13.1. The van der Waals surface area contributed by atoms with Crippen molar-refractivity contribution in [2.75, 3.05) is 0 Å². The summed E-state index contributed by atoms with van der Waals surface area (Å²) in [6.45, 7) is 1.70. The maximum atomic E-state index is 12.5. The van der Waals surface area contributed by atoms with Gasteiger partial charge in [0.05, 0.1) is 5.71 Å².